The summed E-state index contributed by atoms with van der Waals surface area (Å²) in [5.74, 6) is 0. The molecule has 0 saturated carbocycles. The van der Waals surface area contributed by atoms with Crippen LogP contribution < -0.4 is 0 Å². The van der Waals surface area contributed by atoms with Crippen molar-refractivity contribution in [3.8, 4) is 0 Å². The molecule has 46 valence electrons. The van der Waals surface area contributed by atoms with Crippen molar-refractivity contribution in [1.82, 2.24) is 0 Å². The summed E-state index contributed by atoms with van der Waals surface area (Å²) < 4.78 is 10.8. The molecule has 0 bridgehead atoms. The van der Waals surface area contributed by atoms with Gasteiger partial charge in [-0.3, -0.25) is 0 Å². The molecule has 0 saturated heterocycles. The van der Waals surface area contributed by atoms with E-state index in [0.717, 1.165) is 0 Å². The first-order chi connectivity index (χ1) is 3.79. The van der Waals surface area contributed by atoms with E-state index in [4.69, 9.17) is 9.47 Å². The lowest BCUT2D eigenvalue weighted by molar-refractivity contribution is 0.0410. The maximum absolute atomic E-state index is 5.06. The third-order valence-electron chi connectivity index (χ3n) is 0.849. The third-order valence-corrected chi connectivity index (χ3v) is 1.26. The zero-order chi connectivity index (χ0) is 5.98. The second-order valence-corrected chi connectivity index (χ2v) is 2.46. The first-order valence-corrected chi connectivity index (χ1v) is 3.22. The molecule has 1 aliphatic heterocycles. The first-order valence-electron chi connectivity index (χ1n) is 2.43. The van der Waals surface area contributed by atoms with Crippen LogP contribution in [0, 0.1) is 0 Å². The maximum Gasteiger partial charge on any atom is 0.197 e. The number of rotatable bonds is 0. The fraction of sp³-hybridized carbons (Fsp3) is 0.600. The lowest BCUT2D eigenvalue weighted by Gasteiger charge is -2.17. The Bertz CT molecular complexity index is 111. The summed E-state index contributed by atoms with van der Waals surface area (Å²) >= 11 is 3.13. The molecule has 8 heavy (non-hydrogen) atoms. The van der Waals surface area contributed by atoms with Crippen molar-refractivity contribution in [2.24, 2.45) is 0 Å². The predicted molar refractivity (Wildman–Crippen MR) is 33.5 cm³/mol. The Morgan fingerprint density at radius 3 is 3.00 bits per heavy atom. The van der Waals surface area contributed by atoms with Crippen molar-refractivity contribution in [2.45, 2.75) is 13.0 Å². The standard InChI is InChI=1S/C5H7BrO2/c1-4-2-8-5(6)3-7-4/h3-4H,2H2,1H3. The molecular weight excluding hydrogens is 172 g/mol. The Morgan fingerprint density at radius 1 is 1.88 bits per heavy atom. The zero-order valence-electron chi connectivity index (χ0n) is 4.56. The average molecular weight is 179 g/mol. The molecule has 2 nitrogen and oxygen atoms in total. The Balaban J connectivity index is 2.42. The molecule has 0 fully saturated rings. The predicted octanol–water partition coefficient (Wildman–Crippen LogP) is 1.62. The number of hydrogen-bond acceptors (Lipinski definition) is 2. The molecule has 0 aliphatic carbocycles. The molecule has 1 aliphatic rings. The molecule has 0 spiro atoms. The van der Waals surface area contributed by atoms with E-state index in [0.29, 0.717) is 11.3 Å². The van der Waals surface area contributed by atoms with E-state index in [1.807, 2.05) is 6.92 Å². The number of hydrogen-bond donors (Lipinski definition) is 0. The van der Waals surface area contributed by atoms with Crippen LogP contribution in [0.15, 0.2) is 10.9 Å². The highest BCUT2D eigenvalue weighted by Gasteiger charge is 2.07. The summed E-state index contributed by atoms with van der Waals surface area (Å²) in [6, 6.07) is 0. The summed E-state index contributed by atoms with van der Waals surface area (Å²) in [6.45, 7) is 2.59. The fourth-order valence-electron chi connectivity index (χ4n) is 0.440. The second kappa shape index (κ2) is 2.40. The molecule has 0 N–H and O–H groups in total. The highest BCUT2D eigenvalue weighted by Crippen LogP contribution is 2.13. The number of halogens is 1. The van der Waals surface area contributed by atoms with Crippen molar-refractivity contribution >= 4 is 15.9 Å². The molecule has 3 heteroatoms. The van der Waals surface area contributed by atoms with Crippen molar-refractivity contribution < 1.29 is 9.47 Å². The summed E-state index contributed by atoms with van der Waals surface area (Å²) in [7, 11) is 0. The molecule has 1 atom stereocenters. The topological polar surface area (TPSA) is 18.5 Å². The lowest BCUT2D eigenvalue weighted by Crippen LogP contribution is -2.16. The van der Waals surface area contributed by atoms with Gasteiger partial charge in [-0.05, 0) is 22.9 Å². The Kier molecular flexibility index (Phi) is 1.78. The van der Waals surface area contributed by atoms with Gasteiger partial charge in [0.25, 0.3) is 0 Å². The van der Waals surface area contributed by atoms with E-state index in [2.05, 4.69) is 15.9 Å². The van der Waals surface area contributed by atoms with E-state index in [9.17, 15) is 0 Å². The summed E-state index contributed by atoms with van der Waals surface area (Å²) in [5.41, 5.74) is 0. The van der Waals surface area contributed by atoms with Crippen LogP contribution in [-0.4, -0.2) is 12.7 Å². The summed E-state index contributed by atoms with van der Waals surface area (Å²) in [4.78, 5) is 0. The normalized spacial score (nSPS) is 27.8. The van der Waals surface area contributed by atoms with Crippen molar-refractivity contribution in [1.29, 1.82) is 0 Å². The zero-order valence-corrected chi connectivity index (χ0v) is 6.14. The van der Waals surface area contributed by atoms with Gasteiger partial charge < -0.3 is 9.47 Å². The van der Waals surface area contributed by atoms with Gasteiger partial charge in [-0.25, -0.2) is 0 Å². The van der Waals surface area contributed by atoms with Gasteiger partial charge >= 0.3 is 0 Å². The molecule has 1 unspecified atom stereocenters. The van der Waals surface area contributed by atoms with Crippen LogP contribution in [0.4, 0.5) is 0 Å². The quantitative estimate of drug-likeness (QED) is 0.562. The van der Waals surface area contributed by atoms with Crippen molar-refractivity contribution in [3.63, 3.8) is 0 Å². The monoisotopic (exact) mass is 178 g/mol. The van der Waals surface area contributed by atoms with Crippen LogP contribution >= 0.6 is 15.9 Å². The minimum absolute atomic E-state index is 0.191. The highest BCUT2D eigenvalue weighted by molar-refractivity contribution is 9.11. The van der Waals surface area contributed by atoms with Crippen LogP contribution in [-0.2, 0) is 9.47 Å². The van der Waals surface area contributed by atoms with Crippen molar-refractivity contribution in [2.75, 3.05) is 6.61 Å². The van der Waals surface area contributed by atoms with Crippen LogP contribution in [0.5, 0.6) is 0 Å². The minimum Gasteiger partial charge on any atom is -0.490 e. The minimum atomic E-state index is 0.191. The summed E-state index contributed by atoms with van der Waals surface area (Å²) in [5, 5.41) is 0. The molecular formula is C5H7BrO2. The smallest absolute Gasteiger partial charge is 0.197 e. The van der Waals surface area contributed by atoms with E-state index in [1.165, 1.54) is 0 Å². The third kappa shape index (κ3) is 1.40. The van der Waals surface area contributed by atoms with Crippen LogP contribution in [0.1, 0.15) is 6.92 Å². The van der Waals surface area contributed by atoms with Gasteiger partial charge in [0.2, 0.25) is 0 Å². The van der Waals surface area contributed by atoms with Gasteiger partial charge in [-0.15, -0.1) is 0 Å². The Labute approximate surface area is 56.6 Å². The van der Waals surface area contributed by atoms with E-state index < -0.39 is 0 Å². The molecule has 0 amide bonds. The Hall–Kier alpha value is -0.180. The lowest BCUT2D eigenvalue weighted by atomic mass is 10.4. The summed E-state index contributed by atoms with van der Waals surface area (Å²) in [6.07, 6.45) is 1.75. The van der Waals surface area contributed by atoms with Crippen LogP contribution in [0.25, 0.3) is 0 Å². The first kappa shape index (κ1) is 5.95. The molecule has 1 heterocycles. The molecule has 0 radical (unpaired) electrons. The maximum atomic E-state index is 5.06. The van der Waals surface area contributed by atoms with Gasteiger partial charge in [0.15, 0.2) is 4.67 Å². The van der Waals surface area contributed by atoms with Gasteiger partial charge in [-0.2, -0.15) is 0 Å². The molecule has 0 aromatic heterocycles. The highest BCUT2D eigenvalue weighted by atomic mass is 79.9. The van der Waals surface area contributed by atoms with Gasteiger partial charge in [0.1, 0.15) is 19.0 Å². The SMILES string of the molecule is CC1COC(Br)=CO1. The molecule has 1 rings (SSSR count). The molecule has 0 aromatic carbocycles. The molecule has 0 aromatic rings. The number of ether oxygens (including phenoxy) is 2. The largest absolute Gasteiger partial charge is 0.490 e. The van der Waals surface area contributed by atoms with E-state index in [1.54, 1.807) is 6.26 Å². The fourth-order valence-corrected chi connectivity index (χ4v) is 0.680. The van der Waals surface area contributed by atoms with Crippen LogP contribution in [0.3, 0.4) is 0 Å². The average Bonchev–Trinajstić information content (AvgIpc) is 1.77. The van der Waals surface area contributed by atoms with Crippen LogP contribution in [0.2, 0.25) is 0 Å². The second-order valence-electron chi connectivity index (χ2n) is 1.68. The van der Waals surface area contributed by atoms with Crippen molar-refractivity contribution in [3.05, 3.63) is 10.9 Å². The van der Waals surface area contributed by atoms with Gasteiger partial charge in [0, 0.05) is 0 Å². The van der Waals surface area contributed by atoms with Gasteiger partial charge in [0.05, 0.1) is 0 Å². The van der Waals surface area contributed by atoms with Gasteiger partial charge in [-0.1, -0.05) is 0 Å². The Morgan fingerprint density at radius 2 is 2.62 bits per heavy atom. The van der Waals surface area contributed by atoms with E-state index in [-0.39, 0.29) is 6.10 Å². The van der Waals surface area contributed by atoms with E-state index >= 15 is 0 Å².